The Morgan fingerprint density at radius 2 is 1.97 bits per heavy atom. The largest absolute Gasteiger partial charge is 0.456 e. The van der Waals surface area contributed by atoms with Crippen LogP contribution >= 0.6 is 22.9 Å². The zero-order valence-corrected chi connectivity index (χ0v) is 19.4. The highest BCUT2D eigenvalue weighted by molar-refractivity contribution is 7.18. The van der Waals surface area contributed by atoms with Crippen molar-refractivity contribution in [3.63, 3.8) is 0 Å². The van der Waals surface area contributed by atoms with Crippen molar-refractivity contribution >= 4 is 52.5 Å². The van der Waals surface area contributed by atoms with Gasteiger partial charge in [-0.3, -0.25) is 10.3 Å². The van der Waals surface area contributed by atoms with E-state index in [1.165, 1.54) is 34.8 Å². The summed E-state index contributed by atoms with van der Waals surface area (Å²) >= 11 is 7.17. The molecule has 2 aromatic heterocycles. The molecule has 1 aliphatic rings. The number of piperidine rings is 1. The summed E-state index contributed by atoms with van der Waals surface area (Å²) in [5.41, 5.74) is 6.47. The van der Waals surface area contributed by atoms with Crippen LogP contribution in [0, 0.1) is 0 Å². The SMILES string of the molecule is NC(=O)N1CCCC(OC(=O)c2sc(-c3ccc(Cl)cc3)cc2NC(=O)Nc2cnccn2)C1. The molecule has 4 N–H and O–H groups in total. The van der Waals surface area contributed by atoms with Gasteiger partial charge >= 0.3 is 18.0 Å². The van der Waals surface area contributed by atoms with Gasteiger partial charge in [-0.25, -0.2) is 19.4 Å². The molecule has 12 heteroatoms. The lowest BCUT2D eigenvalue weighted by Crippen LogP contribution is -2.46. The van der Waals surface area contributed by atoms with Crippen molar-refractivity contribution in [3.8, 4) is 10.4 Å². The molecule has 3 aromatic rings. The van der Waals surface area contributed by atoms with Gasteiger partial charge in [-0.2, -0.15) is 0 Å². The number of carbonyl (C=O) groups excluding carboxylic acids is 3. The van der Waals surface area contributed by atoms with Crippen molar-refractivity contribution in [1.82, 2.24) is 14.9 Å². The topological polar surface area (TPSA) is 140 Å². The molecule has 0 saturated carbocycles. The minimum Gasteiger partial charge on any atom is -0.456 e. The normalized spacial score (nSPS) is 15.4. The Hall–Kier alpha value is -3.70. The summed E-state index contributed by atoms with van der Waals surface area (Å²) in [4.78, 5) is 47.4. The molecule has 1 atom stereocenters. The molecular formula is C22H21ClN6O4S. The second kappa shape index (κ2) is 10.5. The Morgan fingerprint density at radius 1 is 1.18 bits per heavy atom. The van der Waals surface area contributed by atoms with E-state index in [9.17, 15) is 14.4 Å². The molecule has 3 heterocycles. The van der Waals surface area contributed by atoms with E-state index < -0.39 is 24.1 Å². The Kier molecular flexibility index (Phi) is 7.24. The van der Waals surface area contributed by atoms with Crippen LogP contribution in [0.25, 0.3) is 10.4 Å². The lowest BCUT2D eigenvalue weighted by atomic mass is 10.1. The molecule has 1 aliphatic heterocycles. The first-order valence-electron chi connectivity index (χ1n) is 10.4. The van der Waals surface area contributed by atoms with Gasteiger partial charge in [-0.15, -0.1) is 11.3 Å². The molecular weight excluding hydrogens is 480 g/mol. The number of hydrogen-bond donors (Lipinski definition) is 3. The van der Waals surface area contributed by atoms with Crippen molar-refractivity contribution in [2.75, 3.05) is 23.7 Å². The molecule has 1 fully saturated rings. The number of amides is 4. The molecule has 1 aromatic carbocycles. The van der Waals surface area contributed by atoms with Crippen molar-refractivity contribution in [3.05, 3.63) is 58.8 Å². The van der Waals surface area contributed by atoms with Crippen molar-refractivity contribution in [2.45, 2.75) is 18.9 Å². The van der Waals surface area contributed by atoms with E-state index in [1.54, 1.807) is 18.2 Å². The molecule has 34 heavy (non-hydrogen) atoms. The quantitative estimate of drug-likeness (QED) is 0.448. The average Bonchev–Trinajstić information content (AvgIpc) is 3.24. The minimum absolute atomic E-state index is 0.218. The van der Waals surface area contributed by atoms with E-state index in [2.05, 4.69) is 20.6 Å². The molecule has 1 saturated heterocycles. The smallest absolute Gasteiger partial charge is 0.350 e. The minimum atomic E-state index is -0.601. The number of benzene rings is 1. The molecule has 4 rings (SSSR count). The zero-order chi connectivity index (χ0) is 24.1. The number of nitrogens with two attached hydrogens (primary N) is 1. The summed E-state index contributed by atoms with van der Waals surface area (Å²) in [7, 11) is 0. The van der Waals surface area contributed by atoms with Crippen LogP contribution in [-0.2, 0) is 4.74 Å². The van der Waals surface area contributed by atoms with Gasteiger partial charge in [0.1, 0.15) is 11.0 Å². The molecule has 10 nitrogen and oxygen atoms in total. The van der Waals surface area contributed by atoms with E-state index in [0.717, 1.165) is 10.4 Å². The molecule has 0 spiro atoms. The number of nitrogens with zero attached hydrogens (tertiary/aromatic N) is 3. The van der Waals surface area contributed by atoms with E-state index in [-0.39, 0.29) is 22.9 Å². The fraction of sp³-hybridized carbons (Fsp3) is 0.227. The fourth-order valence-corrected chi connectivity index (χ4v) is 4.59. The van der Waals surface area contributed by atoms with Crippen LogP contribution in [0.15, 0.2) is 48.9 Å². The first-order valence-corrected chi connectivity index (χ1v) is 11.6. The fourth-order valence-electron chi connectivity index (χ4n) is 3.46. The first-order chi connectivity index (χ1) is 16.4. The Morgan fingerprint density at radius 3 is 2.68 bits per heavy atom. The van der Waals surface area contributed by atoms with Crippen molar-refractivity contribution < 1.29 is 19.1 Å². The summed E-state index contributed by atoms with van der Waals surface area (Å²) in [6.07, 6.45) is 5.12. The van der Waals surface area contributed by atoms with E-state index in [4.69, 9.17) is 22.1 Å². The maximum Gasteiger partial charge on any atom is 0.350 e. The average molecular weight is 501 g/mol. The number of urea groups is 2. The first kappa shape index (κ1) is 23.5. The Labute approximate surface area is 204 Å². The van der Waals surface area contributed by atoms with Gasteiger partial charge in [0, 0.05) is 28.8 Å². The summed E-state index contributed by atoms with van der Waals surface area (Å²) in [6, 6.07) is 7.66. The maximum atomic E-state index is 13.1. The van der Waals surface area contributed by atoms with Gasteiger partial charge < -0.3 is 20.7 Å². The predicted octanol–water partition coefficient (Wildman–Crippen LogP) is 4.20. The van der Waals surface area contributed by atoms with Gasteiger partial charge in [0.15, 0.2) is 5.82 Å². The highest BCUT2D eigenvalue weighted by atomic mass is 35.5. The van der Waals surface area contributed by atoms with E-state index in [1.807, 2.05) is 12.1 Å². The maximum absolute atomic E-state index is 13.1. The van der Waals surface area contributed by atoms with E-state index in [0.29, 0.717) is 24.4 Å². The Bertz CT molecular complexity index is 1190. The molecule has 0 aliphatic carbocycles. The van der Waals surface area contributed by atoms with Crippen LogP contribution in [0.3, 0.4) is 0 Å². The van der Waals surface area contributed by atoms with Crippen LogP contribution in [0.2, 0.25) is 5.02 Å². The molecule has 4 amide bonds. The van der Waals surface area contributed by atoms with Crippen LogP contribution in [0.4, 0.5) is 21.1 Å². The summed E-state index contributed by atoms with van der Waals surface area (Å²) in [5, 5.41) is 5.83. The number of hydrogen-bond acceptors (Lipinski definition) is 7. The number of ether oxygens (including phenoxy) is 1. The number of rotatable bonds is 5. The number of anilines is 2. The van der Waals surface area contributed by atoms with Gasteiger partial charge in [0.25, 0.3) is 0 Å². The number of nitrogens with one attached hydrogen (secondary N) is 2. The van der Waals surface area contributed by atoms with Gasteiger partial charge in [0.05, 0.1) is 18.4 Å². The van der Waals surface area contributed by atoms with Gasteiger partial charge in [-0.1, -0.05) is 23.7 Å². The zero-order valence-electron chi connectivity index (χ0n) is 17.9. The number of likely N-dealkylation sites (tertiary alicyclic amines) is 1. The van der Waals surface area contributed by atoms with Crippen molar-refractivity contribution in [2.24, 2.45) is 5.73 Å². The Balaban J connectivity index is 1.56. The third-order valence-electron chi connectivity index (χ3n) is 5.06. The number of halogens is 1. The molecule has 0 bridgehead atoms. The number of carbonyl (C=O) groups is 3. The summed E-state index contributed by atoms with van der Waals surface area (Å²) < 4.78 is 5.67. The molecule has 0 radical (unpaired) electrons. The molecule has 176 valence electrons. The highest BCUT2D eigenvalue weighted by Gasteiger charge is 2.28. The van der Waals surface area contributed by atoms with Gasteiger partial charge in [-0.05, 0) is 36.6 Å². The van der Waals surface area contributed by atoms with Crippen LogP contribution in [0.5, 0.6) is 0 Å². The third kappa shape index (κ3) is 5.80. The van der Waals surface area contributed by atoms with Crippen molar-refractivity contribution in [1.29, 1.82) is 0 Å². The number of aromatic nitrogens is 2. The summed E-state index contributed by atoms with van der Waals surface area (Å²) in [6.45, 7) is 0.755. The van der Waals surface area contributed by atoms with Crippen LogP contribution < -0.4 is 16.4 Å². The monoisotopic (exact) mass is 500 g/mol. The highest BCUT2D eigenvalue weighted by Crippen LogP contribution is 2.36. The van der Waals surface area contributed by atoms with Crippen LogP contribution in [-0.4, -0.2) is 52.1 Å². The lowest BCUT2D eigenvalue weighted by Gasteiger charge is -2.31. The van der Waals surface area contributed by atoms with Gasteiger partial charge in [0.2, 0.25) is 0 Å². The molecule has 1 unspecified atom stereocenters. The number of thiophene rings is 1. The standard InChI is InChI=1S/C22H21ClN6O4S/c23-14-5-3-13(4-6-14)17-10-16(27-22(32)28-18-11-25-7-8-26-18)19(34-17)20(30)33-15-2-1-9-29(12-15)21(24)31/h3-8,10-11,15H,1-2,9,12H2,(H2,24,31)(H2,26,27,28,32). The number of primary amides is 1. The second-order valence-electron chi connectivity index (χ2n) is 7.48. The van der Waals surface area contributed by atoms with Crippen LogP contribution in [0.1, 0.15) is 22.5 Å². The van der Waals surface area contributed by atoms with E-state index >= 15 is 0 Å². The third-order valence-corrected chi connectivity index (χ3v) is 6.48. The number of esters is 1. The lowest BCUT2D eigenvalue weighted by molar-refractivity contribution is 0.0134. The second-order valence-corrected chi connectivity index (χ2v) is 8.97. The summed E-state index contributed by atoms with van der Waals surface area (Å²) in [5.74, 6) is -0.345. The predicted molar refractivity (Wildman–Crippen MR) is 129 cm³/mol.